The van der Waals surface area contributed by atoms with Gasteiger partial charge in [-0.05, 0) is 25.0 Å². The van der Waals surface area contributed by atoms with Crippen molar-refractivity contribution in [2.24, 2.45) is 11.7 Å². The molecule has 1 aliphatic heterocycles. The lowest BCUT2D eigenvalue weighted by atomic mass is 10.1. The summed E-state index contributed by atoms with van der Waals surface area (Å²) in [5.74, 6) is 0.588. The summed E-state index contributed by atoms with van der Waals surface area (Å²) >= 11 is 0. The van der Waals surface area contributed by atoms with Crippen molar-refractivity contribution >= 4 is 18.1 Å². The molecule has 0 bridgehead atoms. The lowest BCUT2D eigenvalue weighted by molar-refractivity contribution is 0.314. The summed E-state index contributed by atoms with van der Waals surface area (Å²) in [5, 5.41) is 0. The molecule has 3 heterocycles. The standard InChI is InChI=1S/C14H20N4.ClH/c1-10-7-17(9-13(10)15)8-12-6-16-14-5-3-4-11(2)18(12)14;/h3-6,10,13H,7-9,15H2,1-2H3;1H. The van der Waals surface area contributed by atoms with Crippen LogP contribution in [-0.2, 0) is 6.54 Å². The molecular weight excluding hydrogens is 260 g/mol. The van der Waals surface area contributed by atoms with E-state index in [4.69, 9.17) is 5.73 Å². The van der Waals surface area contributed by atoms with Crippen molar-refractivity contribution in [3.63, 3.8) is 0 Å². The number of aryl methyl sites for hydroxylation is 1. The molecule has 2 unspecified atom stereocenters. The van der Waals surface area contributed by atoms with E-state index < -0.39 is 0 Å². The average Bonchev–Trinajstić information content (AvgIpc) is 2.86. The molecule has 2 N–H and O–H groups in total. The molecule has 1 saturated heterocycles. The van der Waals surface area contributed by atoms with E-state index in [2.05, 4.69) is 46.3 Å². The highest BCUT2D eigenvalue weighted by Gasteiger charge is 2.26. The first kappa shape index (κ1) is 14.3. The Bertz CT molecular complexity index is 556. The van der Waals surface area contributed by atoms with Gasteiger partial charge in [0.1, 0.15) is 5.65 Å². The van der Waals surface area contributed by atoms with E-state index in [9.17, 15) is 0 Å². The number of halogens is 1. The number of imidazole rings is 1. The molecule has 5 heteroatoms. The third kappa shape index (κ3) is 2.61. The molecule has 0 radical (unpaired) electrons. The van der Waals surface area contributed by atoms with Crippen molar-refractivity contribution in [3.05, 3.63) is 35.8 Å². The highest BCUT2D eigenvalue weighted by molar-refractivity contribution is 5.85. The Hall–Kier alpha value is -1.10. The van der Waals surface area contributed by atoms with Gasteiger partial charge < -0.3 is 10.1 Å². The normalized spacial score (nSPS) is 23.7. The van der Waals surface area contributed by atoms with Crippen molar-refractivity contribution < 1.29 is 0 Å². The molecule has 0 aliphatic carbocycles. The van der Waals surface area contributed by atoms with Crippen LogP contribution in [0.25, 0.3) is 5.65 Å². The van der Waals surface area contributed by atoms with Crippen LogP contribution in [0, 0.1) is 12.8 Å². The summed E-state index contributed by atoms with van der Waals surface area (Å²) < 4.78 is 2.23. The molecule has 2 aromatic rings. The number of likely N-dealkylation sites (tertiary alicyclic amines) is 1. The Labute approximate surface area is 120 Å². The summed E-state index contributed by atoms with van der Waals surface area (Å²) in [6.45, 7) is 7.35. The Morgan fingerprint density at radius 2 is 2.16 bits per heavy atom. The quantitative estimate of drug-likeness (QED) is 0.913. The van der Waals surface area contributed by atoms with Gasteiger partial charge in [-0.2, -0.15) is 0 Å². The summed E-state index contributed by atoms with van der Waals surface area (Å²) in [7, 11) is 0. The van der Waals surface area contributed by atoms with Gasteiger partial charge in [0.05, 0.1) is 11.9 Å². The van der Waals surface area contributed by atoms with Crippen LogP contribution in [0.3, 0.4) is 0 Å². The van der Waals surface area contributed by atoms with Gasteiger partial charge >= 0.3 is 0 Å². The molecule has 0 aromatic carbocycles. The predicted molar refractivity (Wildman–Crippen MR) is 79.6 cm³/mol. The Kier molecular flexibility index (Phi) is 4.13. The Morgan fingerprint density at radius 3 is 2.84 bits per heavy atom. The zero-order valence-corrected chi connectivity index (χ0v) is 12.2. The molecule has 1 aliphatic rings. The largest absolute Gasteiger partial charge is 0.326 e. The first-order chi connectivity index (χ1) is 8.65. The summed E-state index contributed by atoms with van der Waals surface area (Å²) in [6.07, 6.45) is 1.98. The first-order valence-corrected chi connectivity index (χ1v) is 6.55. The van der Waals surface area contributed by atoms with Gasteiger partial charge in [0.2, 0.25) is 0 Å². The molecule has 19 heavy (non-hydrogen) atoms. The number of fused-ring (bicyclic) bond motifs is 1. The van der Waals surface area contributed by atoms with Crippen LogP contribution in [0.5, 0.6) is 0 Å². The van der Waals surface area contributed by atoms with E-state index in [-0.39, 0.29) is 12.4 Å². The lowest BCUT2D eigenvalue weighted by Crippen LogP contribution is -2.28. The Balaban J connectivity index is 0.00000133. The summed E-state index contributed by atoms with van der Waals surface area (Å²) in [5.41, 5.74) is 9.59. The monoisotopic (exact) mass is 280 g/mol. The van der Waals surface area contributed by atoms with Crippen LogP contribution in [0.2, 0.25) is 0 Å². The number of aromatic nitrogens is 2. The number of rotatable bonds is 2. The van der Waals surface area contributed by atoms with E-state index in [0.717, 1.165) is 25.3 Å². The third-order valence-electron chi connectivity index (χ3n) is 3.93. The zero-order valence-electron chi connectivity index (χ0n) is 11.4. The maximum absolute atomic E-state index is 6.08. The SMILES string of the molecule is Cc1cccc2ncc(CN3CC(C)C(N)C3)n12.Cl. The van der Waals surface area contributed by atoms with Crippen molar-refractivity contribution in [3.8, 4) is 0 Å². The van der Waals surface area contributed by atoms with Crippen LogP contribution in [-0.4, -0.2) is 33.4 Å². The van der Waals surface area contributed by atoms with Gasteiger partial charge in [-0.15, -0.1) is 12.4 Å². The van der Waals surface area contributed by atoms with E-state index in [1.54, 1.807) is 0 Å². The van der Waals surface area contributed by atoms with Gasteiger partial charge in [-0.25, -0.2) is 4.98 Å². The molecule has 2 aromatic heterocycles. The second-order valence-corrected chi connectivity index (χ2v) is 5.45. The minimum Gasteiger partial charge on any atom is -0.326 e. The molecule has 3 rings (SSSR count). The van der Waals surface area contributed by atoms with Crippen molar-refractivity contribution in [1.29, 1.82) is 0 Å². The number of hydrogen-bond donors (Lipinski definition) is 1. The van der Waals surface area contributed by atoms with E-state index in [1.165, 1.54) is 11.4 Å². The van der Waals surface area contributed by atoms with E-state index >= 15 is 0 Å². The second kappa shape index (κ2) is 5.49. The topological polar surface area (TPSA) is 46.6 Å². The van der Waals surface area contributed by atoms with Crippen LogP contribution in [0.4, 0.5) is 0 Å². The first-order valence-electron chi connectivity index (χ1n) is 6.55. The summed E-state index contributed by atoms with van der Waals surface area (Å²) in [6, 6.07) is 6.53. The fraction of sp³-hybridized carbons (Fsp3) is 0.500. The highest BCUT2D eigenvalue weighted by atomic mass is 35.5. The van der Waals surface area contributed by atoms with Crippen molar-refractivity contribution in [2.75, 3.05) is 13.1 Å². The van der Waals surface area contributed by atoms with Crippen LogP contribution in [0.1, 0.15) is 18.3 Å². The highest BCUT2D eigenvalue weighted by Crippen LogP contribution is 2.18. The van der Waals surface area contributed by atoms with E-state index in [0.29, 0.717) is 12.0 Å². The molecule has 0 amide bonds. The van der Waals surface area contributed by atoms with Crippen LogP contribution in [0.15, 0.2) is 24.4 Å². The molecule has 0 saturated carbocycles. The number of nitrogens with two attached hydrogens (primary N) is 1. The molecule has 4 nitrogen and oxygen atoms in total. The number of nitrogens with zero attached hydrogens (tertiary/aromatic N) is 3. The van der Waals surface area contributed by atoms with E-state index in [1.807, 2.05) is 6.20 Å². The van der Waals surface area contributed by atoms with Crippen LogP contribution < -0.4 is 5.73 Å². The fourth-order valence-corrected chi connectivity index (χ4v) is 2.84. The lowest BCUT2D eigenvalue weighted by Gasteiger charge is -2.15. The van der Waals surface area contributed by atoms with Gasteiger partial charge in [0.25, 0.3) is 0 Å². The van der Waals surface area contributed by atoms with Crippen LogP contribution >= 0.6 is 12.4 Å². The van der Waals surface area contributed by atoms with Gasteiger partial charge in [-0.3, -0.25) is 4.90 Å². The minimum absolute atomic E-state index is 0. The summed E-state index contributed by atoms with van der Waals surface area (Å²) in [4.78, 5) is 6.89. The fourth-order valence-electron chi connectivity index (χ4n) is 2.84. The number of pyridine rings is 1. The number of hydrogen-bond acceptors (Lipinski definition) is 3. The second-order valence-electron chi connectivity index (χ2n) is 5.45. The van der Waals surface area contributed by atoms with Crippen molar-refractivity contribution in [1.82, 2.24) is 14.3 Å². The maximum atomic E-state index is 6.08. The smallest absolute Gasteiger partial charge is 0.137 e. The molecule has 1 fully saturated rings. The predicted octanol–water partition coefficient (Wildman–Crippen LogP) is 1.84. The molecule has 104 valence electrons. The molecule has 0 spiro atoms. The molecule has 2 atom stereocenters. The Morgan fingerprint density at radius 1 is 1.37 bits per heavy atom. The average molecular weight is 281 g/mol. The molecular formula is C14H21ClN4. The maximum Gasteiger partial charge on any atom is 0.137 e. The third-order valence-corrected chi connectivity index (χ3v) is 3.93. The van der Waals surface area contributed by atoms with Gasteiger partial charge in [-0.1, -0.05) is 13.0 Å². The van der Waals surface area contributed by atoms with Gasteiger partial charge in [0, 0.05) is 31.4 Å². The zero-order chi connectivity index (χ0) is 12.7. The van der Waals surface area contributed by atoms with Gasteiger partial charge in [0.15, 0.2) is 0 Å². The van der Waals surface area contributed by atoms with Crippen molar-refractivity contribution in [2.45, 2.75) is 26.4 Å². The minimum atomic E-state index is 0.